The molecule has 0 aliphatic heterocycles. The second-order valence-corrected chi connectivity index (χ2v) is 5.19. The molecule has 0 saturated heterocycles. The van der Waals surface area contributed by atoms with Gasteiger partial charge in [-0.05, 0) is 45.1 Å². The number of hydrogen-bond donors (Lipinski definition) is 1. The molecule has 1 heterocycles. The van der Waals surface area contributed by atoms with Gasteiger partial charge >= 0.3 is 0 Å². The van der Waals surface area contributed by atoms with E-state index in [1.165, 1.54) is 29.8 Å². The molecule has 17 heavy (non-hydrogen) atoms. The van der Waals surface area contributed by atoms with Crippen LogP contribution in [0.3, 0.4) is 0 Å². The number of nitrogens with one attached hydrogen (secondary N) is 1. The summed E-state index contributed by atoms with van der Waals surface area (Å²) < 4.78 is 2.24. The van der Waals surface area contributed by atoms with E-state index in [0.29, 0.717) is 6.04 Å². The highest BCUT2D eigenvalue weighted by atomic mass is 15.3. The lowest BCUT2D eigenvalue weighted by Gasteiger charge is -2.18. The zero-order valence-corrected chi connectivity index (χ0v) is 11.6. The molecule has 0 aromatic carbocycles. The number of aryl methyl sites for hydroxylation is 1. The van der Waals surface area contributed by atoms with Crippen molar-refractivity contribution in [3.05, 3.63) is 17.0 Å². The van der Waals surface area contributed by atoms with Crippen molar-refractivity contribution >= 4 is 0 Å². The Morgan fingerprint density at radius 3 is 2.53 bits per heavy atom. The van der Waals surface area contributed by atoms with Gasteiger partial charge in [0.15, 0.2) is 0 Å². The predicted octanol–water partition coefficient (Wildman–Crippen LogP) is 2.77. The Kier molecular flexibility index (Phi) is 3.87. The Morgan fingerprint density at radius 1 is 1.35 bits per heavy atom. The standard InChI is InChI=1S/C14H25N3/c1-5-13(9-15-12-7-8-12)17-11(4)14(6-2)10(3)16-17/h12-13,15H,5-9H2,1-4H3. The molecule has 1 fully saturated rings. The van der Waals surface area contributed by atoms with Crippen LogP contribution in [-0.2, 0) is 6.42 Å². The van der Waals surface area contributed by atoms with Crippen molar-refractivity contribution in [1.82, 2.24) is 15.1 Å². The van der Waals surface area contributed by atoms with Crippen LogP contribution in [0.5, 0.6) is 0 Å². The van der Waals surface area contributed by atoms with Gasteiger partial charge in [0, 0.05) is 18.3 Å². The van der Waals surface area contributed by atoms with Crippen molar-refractivity contribution in [2.75, 3.05) is 6.54 Å². The molecule has 0 bridgehead atoms. The molecule has 96 valence electrons. The fraction of sp³-hybridized carbons (Fsp3) is 0.786. The van der Waals surface area contributed by atoms with Crippen LogP contribution in [0.1, 0.15) is 56.1 Å². The van der Waals surface area contributed by atoms with Crippen LogP contribution in [0.25, 0.3) is 0 Å². The lowest BCUT2D eigenvalue weighted by atomic mass is 10.1. The Morgan fingerprint density at radius 2 is 2.06 bits per heavy atom. The molecule has 1 saturated carbocycles. The second kappa shape index (κ2) is 5.21. The largest absolute Gasteiger partial charge is 0.312 e. The second-order valence-electron chi connectivity index (χ2n) is 5.19. The van der Waals surface area contributed by atoms with Crippen molar-refractivity contribution in [3.8, 4) is 0 Å². The van der Waals surface area contributed by atoms with Gasteiger partial charge in [-0.15, -0.1) is 0 Å². The minimum absolute atomic E-state index is 0.509. The van der Waals surface area contributed by atoms with Crippen molar-refractivity contribution in [2.45, 2.75) is 65.5 Å². The van der Waals surface area contributed by atoms with Crippen LogP contribution in [0.4, 0.5) is 0 Å². The molecule has 0 spiro atoms. The third kappa shape index (κ3) is 2.71. The Balaban J connectivity index is 2.11. The van der Waals surface area contributed by atoms with E-state index in [4.69, 9.17) is 5.10 Å². The first-order chi connectivity index (χ1) is 8.17. The number of hydrogen-bond acceptors (Lipinski definition) is 2. The zero-order valence-electron chi connectivity index (χ0n) is 11.6. The van der Waals surface area contributed by atoms with Crippen molar-refractivity contribution in [2.24, 2.45) is 0 Å². The Bertz CT molecular complexity index is 377. The van der Waals surface area contributed by atoms with Crippen LogP contribution in [0.15, 0.2) is 0 Å². The van der Waals surface area contributed by atoms with Gasteiger partial charge in [0.05, 0.1) is 11.7 Å². The molecule has 1 atom stereocenters. The van der Waals surface area contributed by atoms with E-state index >= 15 is 0 Å². The van der Waals surface area contributed by atoms with Gasteiger partial charge in [0.25, 0.3) is 0 Å². The highest BCUT2D eigenvalue weighted by Gasteiger charge is 2.23. The molecule has 1 unspecified atom stereocenters. The maximum atomic E-state index is 4.73. The van der Waals surface area contributed by atoms with Gasteiger partial charge in [-0.3, -0.25) is 4.68 Å². The summed E-state index contributed by atoms with van der Waals surface area (Å²) in [6, 6.07) is 1.29. The summed E-state index contributed by atoms with van der Waals surface area (Å²) in [6.45, 7) is 9.86. The van der Waals surface area contributed by atoms with Crippen LogP contribution in [0, 0.1) is 13.8 Å². The Labute approximate surface area is 105 Å². The monoisotopic (exact) mass is 235 g/mol. The first-order valence-electron chi connectivity index (χ1n) is 6.95. The topological polar surface area (TPSA) is 29.9 Å². The minimum atomic E-state index is 0.509. The first-order valence-corrected chi connectivity index (χ1v) is 6.95. The van der Waals surface area contributed by atoms with Crippen LogP contribution >= 0.6 is 0 Å². The molecule has 1 N–H and O–H groups in total. The molecule has 1 aromatic heterocycles. The van der Waals surface area contributed by atoms with Crippen molar-refractivity contribution < 1.29 is 0 Å². The number of aromatic nitrogens is 2. The molecular formula is C14H25N3. The molecular weight excluding hydrogens is 210 g/mol. The summed E-state index contributed by atoms with van der Waals surface area (Å²) in [7, 11) is 0. The lowest BCUT2D eigenvalue weighted by Crippen LogP contribution is -2.27. The van der Waals surface area contributed by atoms with Gasteiger partial charge < -0.3 is 5.32 Å². The van der Waals surface area contributed by atoms with E-state index in [2.05, 4.69) is 37.7 Å². The van der Waals surface area contributed by atoms with Crippen LogP contribution in [0.2, 0.25) is 0 Å². The van der Waals surface area contributed by atoms with E-state index in [1.807, 2.05) is 0 Å². The normalized spacial score (nSPS) is 17.4. The smallest absolute Gasteiger partial charge is 0.0644 e. The number of nitrogens with zero attached hydrogens (tertiary/aromatic N) is 2. The molecule has 1 aliphatic rings. The van der Waals surface area contributed by atoms with Crippen LogP contribution in [-0.4, -0.2) is 22.4 Å². The van der Waals surface area contributed by atoms with Crippen molar-refractivity contribution in [3.63, 3.8) is 0 Å². The molecule has 3 heteroatoms. The fourth-order valence-electron chi connectivity index (χ4n) is 2.56. The molecule has 1 aliphatic carbocycles. The molecule has 1 aromatic rings. The molecule has 0 amide bonds. The average molecular weight is 235 g/mol. The summed E-state index contributed by atoms with van der Waals surface area (Å²) in [5, 5.41) is 8.35. The third-order valence-electron chi connectivity index (χ3n) is 3.87. The highest BCUT2D eigenvalue weighted by molar-refractivity contribution is 5.24. The zero-order chi connectivity index (χ0) is 12.4. The number of rotatable bonds is 6. The van der Waals surface area contributed by atoms with Gasteiger partial charge in [0.1, 0.15) is 0 Å². The van der Waals surface area contributed by atoms with Gasteiger partial charge in [-0.2, -0.15) is 5.10 Å². The van der Waals surface area contributed by atoms with Crippen LogP contribution < -0.4 is 5.32 Å². The first kappa shape index (κ1) is 12.6. The van der Waals surface area contributed by atoms with Crippen molar-refractivity contribution in [1.29, 1.82) is 0 Å². The van der Waals surface area contributed by atoms with E-state index in [0.717, 1.165) is 25.4 Å². The van der Waals surface area contributed by atoms with Gasteiger partial charge in [0.2, 0.25) is 0 Å². The molecule has 0 radical (unpaired) electrons. The molecule has 3 nitrogen and oxygen atoms in total. The Hall–Kier alpha value is -0.830. The van der Waals surface area contributed by atoms with E-state index in [-0.39, 0.29) is 0 Å². The fourth-order valence-corrected chi connectivity index (χ4v) is 2.56. The SMILES string of the molecule is CCc1c(C)nn(C(CC)CNC2CC2)c1C. The quantitative estimate of drug-likeness (QED) is 0.821. The summed E-state index contributed by atoms with van der Waals surface area (Å²) in [6.07, 6.45) is 4.94. The highest BCUT2D eigenvalue weighted by Crippen LogP contribution is 2.22. The minimum Gasteiger partial charge on any atom is -0.312 e. The summed E-state index contributed by atoms with van der Waals surface area (Å²) in [5.74, 6) is 0. The summed E-state index contributed by atoms with van der Waals surface area (Å²) >= 11 is 0. The summed E-state index contributed by atoms with van der Waals surface area (Å²) in [5.41, 5.74) is 3.99. The lowest BCUT2D eigenvalue weighted by molar-refractivity contribution is 0.402. The molecule has 2 rings (SSSR count). The third-order valence-corrected chi connectivity index (χ3v) is 3.87. The predicted molar refractivity (Wildman–Crippen MR) is 71.4 cm³/mol. The van der Waals surface area contributed by atoms with Gasteiger partial charge in [-0.25, -0.2) is 0 Å². The average Bonchev–Trinajstić information content (AvgIpc) is 3.08. The maximum Gasteiger partial charge on any atom is 0.0644 e. The van der Waals surface area contributed by atoms with Gasteiger partial charge in [-0.1, -0.05) is 13.8 Å². The van der Waals surface area contributed by atoms with E-state index in [1.54, 1.807) is 0 Å². The van der Waals surface area contributed by atoms with E-state index in [9.17, 15) is 0 Å². The summed E-state index contributed by atoms with van der Waals surface area (Å²) in [4.78, 5) is 0. The maximum absolute atomic E-state index is 4.73. The van der Waals surface area contributed by atoms with E-state index < -0.39 is 0 Å².